The highest BCUT2D eigenvalue weighted by Crippen LogP contribution is 2.34. The Bertz CT molecular complexity index is 1070. The Labute approximate surface area is 171 Å². The predicted octanol–water partition coefficient (Wildman–Crippen LogP) is 1.70. The van der Waals surface area contributed by atoms with E-state index in [1.54, 1.807) is 11.8 Å². The maximum Gasteiger partial charge on any atom is 0.242 e. The first-order valence-corrected chi connectivity index (χ1v) is 11.9. The molecule has 1 saturated carbocycles. The van der Waals surface area contributed by atoms with E-state index < -0.39 is 9.84 Å². The van der Waals surface area contributed by atoms with Crippen LogP contribution in [0, 0.1) is 13.8 Å². The van der Waals surface area contributed by atoms with Gasteiger partial charge in [0.05, 0.1) is 24.0 Å². The number of nitrogens with zero attached hydrogens (tertiary/aromatic N) is 4. The summed E-state index contributed by atoms with van der Waals surface area (Å²) in [6, 6.07) is 0.0447. The molecule has 0 aromatic carbocycles. The molecular weight excluding hydrogens is 392 g/mol. The van der Waals surface area contributed by atoms with Gasteiger partial charge in [0, 0.05) is 31.2 Å². The van der Waals surface area contributed by atoms with Crippen molar-refractivity contribution in [3.05, 3.63) is 16.8 Å². The topological polar surface area (TPSA) is 94.4 Å². The first-order chi connectivity index (χ1) is 13.7. The summed E-state index contributed by atoms with van der Waals surface area (Å²) < 4.78 is 30.9. The lowest BCUT2D eigenvalue weighted by molar-refractivity contribution is -0.133. The number of ether oxygens (including phenoxy) is 1. The van der Waals surface area contributed by atoms with E-state index in [1.807, 2.05) is 25.8 Å². The predicted molar refractivity (Wildman–Crippen MR) is 110 cm³/mol. The summed E-state index contributed by atoms with van der Waals surface area (Å²) in [4.78, 5) is 19.6. The fourth-order valence-electron chi connectivity index (χ4n) is 4.52. The van der Waals surface area contributed by atoms with E-state index in [-0.39, 0.29) is 29.5 Å². The zero-order valence-electron chi connectivity index (χ0n) is 17.4. The standard InChI is InChI=1S/C20H28N4O4S/c1-12-16(13(2)21-19-18(12)20(28-4)22-23(19)3)7-8-17(25)24(14-5-6-14)15-9-10-29(26,27)11-15/h14-15H,5-11H2,1-4H3. The summed E-state index contributed by atoms with van der Waals surface area (Å²) in [5.41, 5.74) is 3.72. The van der Waals surface area contributed by atoms with Gasteiger partial charge in [-0.25, -0.2) is 18.1 Å². The van der Waals surface area contributed by atoms with Crippen LogP contribution in [0.2, 0.25) is 0 Å². The second-order valence-corrected chi connectivity index (χ2v) is 10.5. The number of amides is 1. The zero-order chi connectivity index (χ0) is 20.9. The van der Waals surface area contributed by atoms with Crippen LogP contribution in [0.4, 0.5) is 0 Å². The van der Waals surface area contributed by atoms with E-state index in [1.165, 1.54) is 0 Å². The first kappa shape index (κ1) is 20.1. The molecule has 3 heterocycles. The van der Waals surface area contributed by atoms with Crippen molar-refractivity contribution in [2.75, 3.05) is 18.6 Å². The summed E-state index contributed by atoms with van der Waals surface area (Å²) in [5.74, 6) is 0.879. The summed E-state index contributed by atoms with van der Waals surface area (Å²) in [6.45, 7) is 3.97. The summed E-state index contributed by atoms with van der Waals surface area (Å²) >= 11 is 0. The summed E-state index contributed by atoms with van der Waals surface area (Å²) in [5, 5.41) is 5.25. The van der Waals surface area contributed by atoms with E-state index in [0.29, 0.717) is 25.1 Å². The van der Waals surface area contributed by atoms with Crippen LogP contribution < -0.4 is 4.74 Å². The van der Waals surface area contributed by atoms with Crippen molar-refractivity contribution in [1.82, 2.24) is 19.7 Å². The molecule has 29 heavy (non-hydrogen) atoms. The maximum absolute atomic E-state index is 13.1. The third-order valence-corrected chi connectivity index (χ3v) is 7.89. The molecule has 1 saturated heterocycles. The summed E-state index contributed by atoms with van der Waals surface area (Å²) in [7, 11) is 0.410. The van der Waals surface area contributed by atoms with Crippen LogP contribution in [0.15, 0.2) is 0 Å². The molecule has 8 nitrogen and oxygen atoms in total. The number of sulfone groups is 1. The lowest BCUT2D eigenvalue weighted by Gasteiger charge is -2.28. The Morgan fingerprint density at radius 3 is 2.55 bits per heavy atom. The number of fused-ring (bicyclic) bond motifs is 1. The van der Waals surface area contributed by atoms with E-state index in [4.69, 9.17) is 4.74 Å². The molecule has 1 amide bonds. The Morgan fingerprint density at radius 1 is 1.24 bits per heavy atom. The first-order valence-electron chi connectivity index (χ1n) is 10.1. The lowest BCUT2D eigenvalue weighted by Crippen LogP contribution is -2.42. The number of aromatic nitrogens is 3. The Balaban J connectivity index is 1.56. The van der Waals surface area contributed by atoms with Gasteiger partial charge in [-0.2, -0.15) is 0 Å². The van der Waals surface area contributed by atoms with Crippen LogP contribution in [0.5, 0.6) is 5.88 Å². The molecule has 1 aliphatic heterocycles. The molecule has 2 aromatic rings. The number of rotatable bonds is 6. The highest BCUT2D eigenvalue weighted by Gasteiger charge is 2.41. The summed E-state index contributed by atoms with van der Waals surface area (Å²) in [6.07, 6.45) is 3.43. The minimum Gasteiger partial charge on any atom is -0.479 e. The quantitative estimate of drug-likeness (QED) is 0.706. The number of carbonyl (C=O) groups excluding carboxylic acids is 1. The molecule has 0 spiro atoms. The fraction of sp³-hybridized carbons (Fsp3) is 0.650. The molecule has 1 unspecified atom stereocenters. The molecule has 2 fully saturated rings. The molecule has 0 radical (unpaired) electrons. The molecule has 4 rings (SSSR count). The van der Waals surface area contributed by atoms with Crippen LogP contribution in [-0.4, -0.2) is 64.7 Å². The average molecular weight is 421 g/mol. The third kappa shape index (κ3) is 3.72. The molecule has 158 valence electrons. The van der Waals surface area contributed by atoms with Gasteiger partial charge in [0.15, 0.2) is 15.5 Å². The van der Waals surface area contributed by atoms with Crippen LogP contribution in [-0.2, 0) is 28.1 Å². The zero-order valence-corrected chi connectivity index (χ0v) is 18.3. The highest BCUT2D eigenvalue weighted by molar-refractivity contribution is 7.91. The third-order valence-electron chi connectivity index (χ3n) is 6.14. The van der Waals surface area contributed by atoms with Gasteiger partial charge in [-0.05, 0) is 50.7 Å². The van der Waals surface area contributed by atoms with Crippen molar-refractivity contribution in [1.29, 1.82) is 0 Å². The fourth-order valence-corrected chi connectivity index (χ4v) is 6.23. The van der Waals surface area contributed by atoms with Gasteiger partial charge in [0.1, 0.15) is 0 Å². The second-order valence-electron chi connectivity index (χ2n) is 8.22. The lowest BCUT2D eigenvalue weighted by atomic mass is 9.99. The van der Waals surface area contributed by atoms with Gasteiger partial charge in [0.2, 0.25) is 11.8 Å². The molecule has 9 heteroatoms. The van der Waals surface area contributed by atoms with Crippen molar-refractivity contribution in [2.45, 2.75) is 58.0 Å². The molecule has 2 aliphatic rings. The Kier molecular flexibility index (Phi) is 5.04. The maximum atomic E-state index is 13.1. The smallest absolute Gasteiger partial charge is 0.242 e. The molecule has 0 N–H and O–H groups in total. The van der Waals surface area contributed by atoms with Gasteiger partial charge in [-0.3, -0.25) is 4.79 Å². The van der Waals surface area contributed by atoms with Crippen LogP contribution in [0.1, 0.15) is 42.5 Å². The normalized spacial score (nSPS) is 20.9. The molecule has 0 bridgehead atoms. The minimum atomic E-state index is -3.02. The number of hydrogen-bond donors (Lipinski definition) is 0. The van der Waals surface area contributed by atoms with Crippen molar-refractivity contribution in [2.24, 2.45) is 7.05 Å². The van der Waals surface area contributed by atoms with E-state index in [2.05, 4.69) is 10.1 Å². The number of aryl methyl sites for hydroxylation is 3. The van der Waals surface area contributed by atoms with E-state index in [9.17, 15) is 13.2 Å². The number of methoxy groups -OCH3 is 1. The molecule has 2 aromatic heterocycles. The van der Waals surface area contributed by atoms with Crippen LogP contribution in [0.3, 0.4) is 0 Å². The van der Waals surface area contributed by atoms with Crippen LogP contribution in [0.25, 0.3) is 11.0 Å². The van der Waals surface area contributed by atoms with Gasteiger partial charge < -0.3 is 9.64 Å². The van der Waals surface area contributed by atoms with Crippen molar-refractivity contribution < 1.29 is 17.9 Å². The van der Waals surface area contributed by atoms with Crippen LogP contribution >= 0.6 is 0 Å². The largest absolute Gasteiger partial charge is 0.479 e. The molecular formula is C20H28N4O4S. The molecule has 1 atom stereocenters. The van der Waals surface area contributed by atoms with Crippen molar-refractivity contribution in [3.63, 3.8) is 0 Å². The average Bonchev–Trinajstić information content (AvgIpc) is 3.34. The van der Waals surface area contributed by atoms with Gasteiger partial charge in [-0.15, -0.1) is 5.10 Å². The van der Waals surface area contributed by atoms with Crippen molar-refractivity contribution >= 4 is 26.8 Å². The van der Waals surface area contributed by atoms with E-state index >= 15 is 0 Å². The van der Waals surface area contributed by atoms with Crippen molar-refractivity contribution in [3.8, 4) is 5.88 Å². The van der Waals surface area contributed by atoms with Gasteiger partial charge in [-0.1, -0.05) is 0 Å². The monoisotopic (exact) mass is 420 g/mol. The van der Waals surface area contributed by atoms with Gasteiger partial charge in [0.25, 0.3) is 0 Å². The van der Waals surface area contributed by atoms with Gasteiger partial charge >= 0.3 is 0 Å². The SMILES string of the molecule is COc1nn(C)c2nc(C)c(CCC(=O)N(C3CC3)C3CCS(=O)(=O)C3)c(C)c12. The number of hydrogen-bond acceptors (Lipinski definition) is 6. The highest BCUT2D eigenvalue weighted by atomic mass is 32.2. The van der Waals surface area contributed by atoms with E-state index in [0.717, 1.165) is 40.7 Å². The Hall–Kier alpha value is -2.16. The number of pyridine rings is 1. The number of carbonyl (C=O) groups is 1. The molecule has 1 aliphatic carbocycles. The minimum absolute atomic E-state index is 0.0478. The second kappa shape index (κ2) is 7.27. The Morgan fingerprint density at radius 2 is 1.97 bits per heavy atom.